The van der Waals surface area contributed by atoms with Crippen LogP contribution in [0.15, 0.2) is 42.5 Å². The molecule has 0 atom stereocenters. The van der Waals surface area contributed by atoms with Crippen molar-refractivity contribution in [1.29, 1.82) is 0 Å². The highest BCUT2D eigenvalue weighted by molar-refractivity contribution is 6.00. The lowest BCUT2D eigenvalue weighted by Crippen LogP contribution is -2.23. The summed E-state index contributed by atoms with van der Waals surface area (Å²) in [5, 5.41) is 5.39. The Morgan fingerprint density at radius 2 is 1.82 bits per heavy atom. The number of rotatable bonds is 5. The van der Waals surface area contributed by atoms with Gasteiger partial charge in [-0.1, -0.05) is 18.2 Å². The normalized spacial score (nSPS) is 10.1. The molecule has 2 rings (SSSR count). The van der Waals surface area contributed by atoms with Crippen LogP contribution in [0.5, 0.6) is 0 Å². The third-order valence-corrected chi connectivity index (χ3v) is 3.14. The van der Waals surface area contributed by atoms with Crippen LogP contribution in [-0.2, 0) is 4.79 Å². The van der Waals surface area contributed by atoms with E-state index in [9.17, 15) is 14.0 Å². The molecule has 2 aromatic carbocycles. The van der Waals surface area contributed by atoms with E-state index in [1.807, 2.05) is 0 Å². The second-order valence-electron chi connectivity index (χ2n) is 4.99. The number of carbonyl (C=O) groups is 2. The second kappa shape index (κ2) is 6.85. The minimum absolute atomic E-state index is 0.0579. The van der Waals surface area contributed by atoms with Gasteiger partial charge in [0.25, 0.3) is 0 Å². The highest BCUT2D eigenvalue weighted by Gasteiger charge is 2.09. The van der Waals surface area contributed by atoms with Crippen molar-refractivity contribution in [3.63, 3.8) is 0 Å². The number of ketones is 1. The van der Waals surface area contributed by atoms with Crippen molar-refractivity contribution in [3.05, 3.63) is 59.4 Å². The quantitative estimate of drug-likeness (QED) is 0.832. The Bertz CT molecular complexity index is 714. The molecule has 0 aliphatic heterocycles. The number of anilines is 2. The molecule has 0 fully saturated rings. The maximum Gasteiger partial charge on any atom is 0.243 e. The lowest BCUT2D eigenvalue weighted by Gasteiger charge is -2.11. The number of nitrogens with one attached hydrogen (secondary N) is 2. The Morgan fingerprint density at radius 1 is 1.09 bits per heavy atom. The first kappa shape index (κ1) is 15.7. The molecule has 0 spiro atoms. The summed E-state index contributed by atoms with van der Waals surface area (Å²) in [6.07, 6.45) is 0. The fraction of sp³-hybridized carbons (Fsp3) is 0.176. The standard InChI is InChI=1S/C17H17FN2O2/c1-11-7-8-16(14(18)9-11)20-17(22)10-19-15-6-4-3-5-13(15)12(2)21/h3-9,19H,10H2,1-2H3,(H,20,22). The van der Waals surface area contributed by atoms with Gasteiger partial charge in [-0.05, 0) is 43.7 Å². The van der Waals surface area contributed by atoms with Crippen molar-refractivity contribution in [1.82, 2.24) is 0 Å². The fourth-order valence-electron chi connectivity index (χ4n) is 2.04. The summed E-state index contributed by atoms with van der Waals surface area (Å²) in [6.45, 7) is 3.18. The van der Waals surface area contributed by atoms with Gasteiger partial charge in [-0.15, -0.1) is 0 Å². The predicted molar refractivity (Wildman–Crippen MR) is 84.7 cm³/mol. The molecule has 1 amide bonds. The lowest BCUT2D eigenvalue weighted by atomic mass is 10.1. The van der Waals surface area contributed by atoms with E-state index in [2.05, 4.69) is 10.6 Å². The van der Waals surface area contributed by atoms with Crippen molar-refractivity contribution in [3.8, 4) is 0 Å². The van der Waals surface area contributed by atoms with Crippen LogP contribution in [0, 0.1) is 12.7 Å². The summed E-state index contributed by atoms with van der Waals surface area (Å²) in [7, 11) is 0. The van der Waals surface area contributed by atoms with Crippen molar-refractivity contribution in [2.45, 2.75) is 13.8 Å². The average Bonchev–Trinajstić information content (AvgIpc) is 2.48. The molecule has 0 bridgehead atoms. The molecule has 0 aromatic heterocycles. The average molecular weight is 300 g/mol. The van der Waals surface area contributed by atoms with Crippen LogP contribution in [0.1, 0.15) is 22.8 Å². The number of benzene rings is 2. The molecular weight excluding hydrogens is 283 g/mol. The van der Waals surface area contributed by atoms with Gasteiger partial charge in [-0.3, -0.25) is 9.59 Å². The van der Waals surface area contributed by atoms with Crippen LogP contribution >= 0.6 is 0 Å². The van der Waals surface area contributed by atoms with Crippen LogP contribution in [-0.4, -0.2) is 18.2 Å². The largest absolute Gasteiger partial charge is 0.376 e. The Hall–Kier alpha value is -2.69. The maximum absolute atomic E-state index is 13.7. The number of halogens is 1. The number of hydrogen-bond donors (Lipinski definition) is 2. The molecule has 2 aromatic rings. The number of amides is 1. The molecular formula is C17H17FN2O2. The zero-order chi connectivity index (χ0) is 16.1. The molecule has 0 radical (unpaired) electrons. The van der Waals surface area contributed by atoms with Crippen molar-refractivity contribution in [2.75, 3.05) is 17.2 Å². The summed E-state index contributed by atoms with van der Waals surface area (Å²) < 4.78 is 13.7. The van der Waals surface area contributed by atoms with Gasteiger partial charge >= 0.3 is 0 Å². The summed E-state index contributed by atoms with van der Waals surface area (Å²) in [5.41, 5.74) is 2.01. The van der Waals surface area contributed by atoms with E-state index in [1.165, 1.54) is 19.1 Å². The molecule has 4 nitrogen and oxygen atoms in total. The number of Topliss-reactive ketones (excluding diaryl/α,β-unsaturated/α-hetero) is 1. The molecule has 0 unspecified atom stereocenters. The minimum atomic E-state index is -0.475. The monoisotopic (exact) mass is 300 g/mol. The van der Waals surface area contributed by atoms with E-state index >= 15 is 0 Å². The SMILES string of the molecule is CC(=O)c1ccccc1NCC(=O)Nc1ccc(C)cc1F. The second-order valence-corrected chi connectivity index (χ2v) is 4.99. The third kappa shape index (κ3) is 3.91. The van der Waals surface area contributed by atoms with Gasteiger partial charge in [0.15, 0.2) is 5.78 Å². The predicted octanol–water partition coefficient (Wildman–Crippen LogP) is 3.39. The van der Waals surface area contributed by atoms with E-state index in [0.717, 1.165) is 5.56 Å². The van der Waals surface area contributed by atoms with Crippen LogP contribution in [0.2, 0.25) is 0 Å². The molecule has 0 heterocycles. The molecule has 0 aliphatic rings. The zero-order valence-electron chi connectivity index (χ0n) is 12.4. The van der Waals surface area contributed by atoms with Gasteiger partial charge in [0.1, 0.15) is 5.82 Å². The van der Waals surface area contributed by atoms with E-state index in [4.69, 9.17) is 0 Å². The van der Waals surface area contributed by atoms with Gasteiger partial charge in [-0.2, -0.15) is 0 Å². The van der Waals surface area contributed by atoms with Gasteiger partial charge in [0.2, 0.25) is 5.91 Å². The highest BCUT2D eigenvalue weighted by Crippen LogP contribution is 2.17. The Morgan fingerprint density at radius 3 is 2.50 bits per heavy atom. The molecule has 114 valence electrons. The first-order valence-electron chi connectivity index (χ1n) is 6.87. The smallest absolute Gasteiger partial charge is 0.243 e. The Balaban J connectivity index is 2.00. The highest BCUT2D eigenvalue weighted by atomic mass is 19.1. The Kier molecular flexibility index (Phi) is 4.88. The van der Waals surface area contributed by atoms with Crippen molar-refractivity contribution in [2.24, 2.45) is 0 Å². The summed E-state index contributed by atoms with van der Waals surface area (Å²) in [4.78, 5) is 23.4. The van der Waals surface area contributed by atoms with Crippen LogP contribution in [0.4, 0.5) is 15.8 Å². The number of aryl methyl sites for hydroxylation is 1. The number of hydrogen-bond acceptors (Lipinski definition) is 3. The van der Waals surface area contributed by atoms with Crippen LogP contribution in [0.3, 0.4) is 0 Å². The third-order valence-electron chi connectivity index (χ3n) is 3.14. The summed E-state index contributed by atoms with van der Waals surface area (Å²) >= 11 is 0. The number of para-hydroxylation sites is 1. The van der Waals surface area contributed by atoms with E-state index in [0.29, 0.717) is 11.3 Å². The fourth-order valence-corrected chi connectivity index (χ4v) is 2.04. The van der Waals surface area contributed by atoms with Gasteiger partial charge < -0.3 is 10.6 Å². The summed E-state index contributed by atoms with van der Waals surface area (Å²) in [5.74, 6) is -0.952. The summed E-state index contributed by atoms with van der Waals surface area (Å²) in [6, 6.07) is 11.5. The van der Waals surface area contributed by atoms with E-state index in [1.54, 1.807) is 37.3 Å². The molecule has 0 saturated carbocycles. The maximum atomic E-state index is 13.7. The minimum Gasteiger partial charge on any atom is -0.376 e. The van der Waals surface area contributed by atoms with Crippen molar-refractivity contribution >= 4 is 23.1 Å². The molecule has 5 heteroatoms. The van der Waals surface area contributed by atoms with Crippen LogP contribution < -0.4 is 10.6 Å². The molecule has 0 saturated heterocycles. The lowest BCUT2D eigenvalue weighted by molar-refractivity contribution is -0.114. The van der Waals surface area contributed by atoms with Crippen LogP contribution in [0.25, 0.3) is 0 Å². The van der Waals surface area contributed by atoms with Crippen molar-refractivity contribution < 1.29 is 14.0 Å². The zero-order valence-corrected chi connectivity index (χ0v) is 12.4. The topological polar surface area (TPSA) is 58.2 Å². The first-order valence-corrected chi connectivity index (χ1v) is 6.87. The Labute approximate surface area is 128 Å². The molecule has 2 N–H and O–H groups in total. The number of carbonyl (C=O) groups excluding carboxylic acids is 2. The van der Waals surface area contributed by atoms with Gasteiger partial charge in [-0.25, -0.2) is 4.39 Å². The first-order chi connectivity index (χ1) is 10.5. The van der Waals surface area contributed by atoms with E-state index in [-0.39, 0.29) is 23.9 Å². The van der Waals surface area contributed by atoms with Gasteiger partial charge in [0.05, 0.1) is 12.2 Å². The molecule has 22 heavy (non-hydrogen) atoms. The van der Waals surface area contributed by atoms with E-state index < -0.39 is 5.82 Å². The van der Waals surface area contributed by atoms with Gasteiger partial charge in [0, 0.05) is 11.3 Å². The molecule has 0 aliphatic carbocycles.